The average Bonchev–Trinajstić information content (AvgIpc) is 2.63. The van der Waals surface area contributed by atoms with Crippen molar-refractivity contribution >= 4 is 23.7 Å². The Morgan fingerprint density at radius 3 is 2.34 bits per heavy atom. The summed E-state index contributed by atoms with van der Waals surface area (Å²) in [6.07, 6.45) is 1.56. The van der Waals surface area contributed by atoms with Crippen molar-refractivity contribution in [3.63, 3.8) is 0 Å². The molecule has 0 spiro atoms. The van der Waals surface area contributed by atoms with E-state index in [0.717, 1.165) is 22.4 Å². The van der Waals surface area contributed by atoms with E-state index in [2.05, 4.69) is 5.32 Å². The van der Waals surface area contributed by atoms with Gasteiger partial charge in [-0.3, -0.25) is 9.69 Å². The highest BCUT2D eigenvalue weighted by Gasteiger charge is 2.37. The Hall–Kier alpha value is -2.83. The topological polar surface area (TPSA) is 84.9 Å². The van der Waals surface area contributed by atoms with Gasteiger partial charge in [0.25, 0.3) is 0 Å². The molecule has 0 bridgehead atoms. The van der Waals surface area contributed by atoms with Gasteiger partial charge in [0, 0.05) is 18.3 Å². The number of methoxy groups -OCH3 is 1. The van der Waals surface area contributed by atoms with Gasteiger partial charge in [0.1, 0.15) is 11.6 Å². The summed E-state index contributed by atoms with van der Waals surface area (Å²) in [5.41, 5.74) is 2.68. The molecule has 0 aliphatic carbocycles. The summed E-state index contributed by atoms with van der Waals surface area (Å²) < 4.78 is 10.2. The summed E-state index contributed by atoms with van der Waals surface area (Å²) >= 11 is 0. The molecule has 1 saturated heterocycles. The van der Waals surface area contributed by atoms with Gasteiger partial charge < -0.3 is 14.8 Å². The van der Waals surface area contributed by atoms with Gasteiger partial charge in [-0.1, -0.05) is 23.8 Å². The molecule has 1 aromatic carbocycles. The van der Waals surface area contributed by atoms with Gasteiger partial charge in [0.15, 0.2) is 0 Å². The molecular weight excluding hydrogens is 372 g/mol. The van der Waals surface area contributed by atoms with E-state index in [4.69, 9.17) is 9.47 Å². The molecule has 29 heavy (non-hydrogen) atoms. The largest absolute Gasteiger partial charge is 0.466 e. The number of likely N-dealkylation sites (tertiary alicyclic amines) is 1. The van der Waals surface area contributed by atoms with Crippen molar-refractivity contribution in [2.24, 2.45) is 0 Å². The van der Waals surface area contributed by atoms with E-state index in [9.17, 15) is 14.4 Å². The first-order valence-corrected chi connectivity index (χ1v) is 9.66. The lowest BCUT2D eigenvalue weighted by Gasteiger charge is -2.37. The minimum absolute atomic E-state index is 0.241. The van der Waals surface area contributed by atoms with Gasteiger partial charge in [-0.05, 0) is 58.6 Å². The molecule has 0 radical (unpaired) electrons. The van der Waals surface area contributed by atoms with Gasteiger partial charge in [0.2, 0.25) is 5.91 Å². The molecule has 1 aromatic rings. The molecule has 1 aliphatic rings. The van der Waals surface area contributed by atoms with Crippen molar-refractivity contribution in [3.8, 4) is 0 Å². The van der Waals surface area contributed by atoms with E-state index in [1.165, 1.54) is 18.1 Å². The maximum absolute atomic E-state index is 13.1. The Morgan fingerprint density at radius 2 is 1.79 bits per heavy atom. The number of nitrogens with zero attached hydrogens (tertiary/aromatic N) is 1. The van der Waals surface area contributed by atoms with Crippen molar-refractivity contribution in [2.45, 2.75) is 59.1 Å². The molecule has 1 fully saturated rings. The van der Waals surface area contributed by atoms with Gasteiger partial charge >= 0.3 is 12.1 Å². The van der Waals surface area contributed by atoms with E-state index in [1.54, 1.807) is 20.8 Å². The second kappa shape index (κ2) is 9.11. The van der Waals surface area contributed by atoms with Crippen molar-refractivity contribution in [2.75, 3.05) is 19.0 Å². The normalized spacial score (nSPS) is 18.3. The molecule has 1 unspecified atom stereocenters. The molecule has 1 heterocycles. The van der Waals surface area contributed by atoms with E-state index < -0.39 is 23.7 Å². The number of para-hydroxylation sites is 1. The van der Waals surface area contributed by atoms with Crippen LogP contribution >= 0.6 is 0 Å². The average molecular weight is 402 g/mol. The summed E-state index contributed by atoms with van der Waals surface area (Å²) in [6.45, 7) is 9.45. The minimum Gasteiger partial charge on any atom is -0.466 e. The highest BCUT2D eigenvalue weighted by Crippen LogP contribution is 2.27. The number of rotatable bonds is 3. The molecule has 2 rings (SSSR count). The Morgan fingerprint density at radius 1 is 1.17 bits per heavy atom. The first kappa shape index (κ1) is 22.5. The number of aryl methyl sites for hydroxylation is 2. The Bertz CT molecular complexity index is 803. The van der Waals surface area contributed by atoms with Crippen LogP contribution in [-0.4, -0.2) is 48.2 Å². The number of anilines is 1. The van der Waals surface area contributed by atoms with Gasteiger partial charge in [-0.15, -0.1) is 0 Å². The number of nitrogens with one attached hydrogen (secondary N) is 1. The minimum atomic E-state index is -0.784. The molecule has 7 heteroatoms. The zero-order valence-electron chi connectivity index (χ0n) is 18.0. The summed E-state index contributed by atoms with van der Waals surface area (Å²) in [4.78, 5) is 38.9. The van der Waals surface area contributed by atoms with Crippen molar-refractivity contribution in [1.82, 2.24) is 4.90 Å². The zero-order valence-corrected chi connectivity index (χ0v) is 18.0. The van der Waals surface area contributed by atoms with Gasteiger partial charge in [-0.25, -0.2) is 9.59 Å². The van der Waals surface area contributed by atoms with Crippen LogP contribution in [0.4, 0.5) is 10.5 Å². The third kappa shape index (κ3) is 6.07. The van der Waals surface area contributed by atoms with Crippen LogP contribution in [0.3, 0.4) is 0 Å². The fourth-order valence-corrected chi connectivity index (χ4v) is 3.23. The first-order valence-electron chi connectivity index (χ1n) is 9.66. The van der Waals surface area contributed by atoms with E-state index in [-0.39, 0.29) is 18.9 Å². The van der Waals surface area contributed by atoms with Crippen LogP contribution in [0.25, 0.3) is 0 Å². The summed E-state index contributed by atoms with van der Waals surface area (Å²) in [7, 11) is 1.31. The predicted molar refractivity (Wildman–Crippen MR) is 111 cm³/mol. The smallest absolute Gasteiger partial charge is 0.410 e. The molecule has 7 nitrogen and oxygen atoms in total. The van der Waals surface area contributed by atoms with Crippen LogP contribution in [0, 0.1) is 13.8 Å². The quantitative estimate of drug-likeness (QED) is 0.615. The van der Waals surface area contributed by atoms with Crippen LogP contribution < -0.4 is 5.32 Å². The standard InChI is InChI=1S/C22H30N2O5/c1-14-8-7-9-15(2)19(14)23-20(26)17-12-16(13-18(25)28-6)10-11-24(17)21(27)29-22(3,4)5/h7-9,13,17H,10-12H2,1-6H3,(H,23,26). The number of amides is 2. The predicted octanol–water partition coefficient (Wildman–Crippen LogP) is 3.74. The number of piperidine rings is 1. The lowest BCUT2D eigenvalue weighted by atomic mass is 9.95. The second-order valence-corrected chi connectivity index (χ2v) is 8.23. The number of carbonyl (C=O) groups excluding carboxylic acids is 3. The highest BCUT2D eigenvalue weighted by molar-refractivity contribution is 5.98. The number of esters is 1. The fraction of sp³-hybridized carbons (Fsp3) is 0.500. The van der Waals surface area contributed by atoms with Crippen molar-refractivity contribution in [1.29, 1.82) is 0 Å². The Balaban J connectivity index is 2.30. The number of hydrogen-bond acceptors (Lipinski definition) is 5. The van der Waals surface area contributed by atoms with Crippen LogP contribution in [0.15, 0.2) is 29.8 Å². The van der Waals surface area contributed by atoms with Crippen LogP contribution in [-0.2, 0) is 19.1 Å². The van der Waals surface area contributed by atoms with Gasteiger partial charge in [0.05, 0.1) is 7.11 Å². The number of benzene rings is 1. The number of hydrogen-bond donors (Lipinski definition) is 1. The molecule has 0 saturated carbocycles. The highest BCUT2D eigenvalue weighted by atomic mass is 16.6. The lowest BCUT2D eigenvalue weighted by Crippen LogP contribution is -2.52. The molecular formula is C22H30N2O5. The fourth-order valence-electron chi connectivity index (χ4n) is 3.23. The van der Waals surface area contributed by atoms with Crippen LogP contribution in [0.1, 0.15) is 44.7 Å². The van der Waals surface area contributed by atoms with Gasteiger partial charge in [-0.2, -0.15) is 0 Å². The third-order valence-electron chi connectivity index (χ3n) is 4.69. The monoisotopic (exact) mass is 402 g/mol. The zero-order chi connectivity index (χ0) is 21.8. The first-order chi connectivity index (χ1) is 13.5. The molecule has 0 aromatic heterocycles. The summed E-state index contributed by atoms with van der Waals surface area (Å²) in [6, 6.07) is 4.97. The second-order valence-electron chi connectivity index (χ2n) is 8.23. The van der Waals surface area contributed by atoms with E-state index >= 15 is 0 Å². The third-order valence-corrected chi connectivity index (χ3v) is 4.69. The SMILES string of the molecule is COC(=O)C=C1CCN(C(=O)OC(C)(C)C)C(C(=O)Nc2c(C)cccc2C)C1. The van der Waals surface area contributed by atoms with Crippen LogP contribution in [0.5, 0.6) is 0 Å². The molecule has 1 N–H and O–H groups in total. The summed E-state index contributed by atoms with van der Waals surface area (Å²) in [5.74, 6) is -0.789. The molecule has 2 amide bonds. The Labute approximate surface area is 172 Å². The van der Waals surface area contributed by atoms with Crippen molar-refractivity contribution in [3.05, 3.63) is 41.0 Å². The Kier molecular flexibility index (Phi) is 7.06. The summed E-state index contributed by atoms with van der Waals surface area (Å²) in [5, 5.41) is 2.95. The lowest BCUT2D eigenvalue weighted by molar-refractivity contribution is -0.135. The maximum atomic E-state index is 13.1. The van der Waals surface area contributed by atoms with Crippen LogP contribution in [0.2, 0.25) is 0 Å². The molecule has 1 aliphatic heterocycles. The molecule has 1 atom stereocenters. The number of carbonyl (C=O) groups is 3. The maximum Gasteiger partial charge on any atom is 0.410 e. The van der Waals surface area contributed by atoms with Crippen molar-refractivity contribution < 1.29 is 23.9 Å². The van der Waals surface area contributed by atoms with E-state index in [1.807, 2.05) is 32.0 Å². The number of ether oxygens (including phenoxy) is 2. The van der Waals surface area contributed by atoms with E-state index in [0.29, 0.717) is 6.42 Å². The molecule has 158 valence electrons.